The lowest BCUT2D eigenvalue weighted by molar-refractivity contribution is 0.498. The first-order valence-electron chi connectivity index (χ1n) is 4.58. The summed E-state index contributed by atoms with van der Waals surface area (Å²) < 4.78 is 64.1. The van der Waals surface area contributed by atoms with Gasteiger partial charge in [0.25, 0.3) is 10.0 Å². The van der Waals surface area contributed by atoms with Gasteiger partial charge in [-0.05, 0) is 0 Å². The molecule has 0 aliphatic carbocycles. The highest BCUT2D eigenvalue weighted by atomic mass is 35.5. The van der Waals surface area contributed by atoms with Gasteiger partial charge in [0.2, 0.25) is 0 Å². The second kappa shape index (κ2) is 4.99. The number of benzene rings is 1. The average Bonchev–Trinajstić information content (AvgIpc) is 2.72. The largest absolute Gasteiger partial charge is 0.276 e. The topological polar surface area (TPSA) is 59.1 Å². The minimum atomic E-state index is -4.20. The third kappa shape index (κ3) is 2.99. The summed E-state index contributed by atoms with van der Waals surface area (Å²) in [7, 11) is -4.20. The Morgan fingerprint density at radius 2 is 1.95 bits per heavy atom. The molecule has 0 bridgehead atoms. The van der Waals surface area contributed by atoms with Crippen LogP contribution in [0.4, 0.5) is 18.9 Å². The fraction of sp³-hybridized carbons (Fsp3) is 0. The van der Waals surface area contributed by atoms with Crippen molar-refractivity contribution >= 4 is 38.6 Å². The molecular formula is C9H4ClF3N2O2S2. The predicted molar refractivity (Wildman–Crippen MR) is 64.2 cm³/mol. The minimum Gasteiger partial charge on any atom is -0.276 e. The van der Waals surface area contributed by atoms with Crippen molar-refractivity contribution in [1.82, 2.24) is 4.98 Å². The monoisotopic (exact) mass is 328 g/mol. The van der Waals surface area contributed by atoms with Crippen molar-refractivity contribution in [2.75, 3.05) is 4.72 Å². The Kier molecular flexibility index (Phi) is 3.70. The van der Waals surface area contributed by atoms with Crippen molar-refractivity contribution in [2.24, 2.45) is 0 Å². The van der Waals surface area contributed by atoms with E-state index in [1.54, 1.807) is 4.72 Å². The Bertz CT molecular complexity index is 733. The molecule has 10 heteroatoms. The Morgan fingerprint density at radius 3 is 2.53 bits per heavy atom. The fourth-order valence-corrected chi connectivity index (χ4v) is 3.53. The number of thiazole rings is 1. The number of aromatic nitrogens is 1. The summed E-state index contributed by atoms with van der Waals surface area (Å²) >= 11 is 6.09. The maximum absolute atomic E-state index is 13.3. The Hall–Kier alpha value is -1.32. The molecule has 102 valence electrons. The number of hydrogen-bond donors (Lipinski definition) is 1. The second-order valence-electron chi connectivity index (χ2n) is 3.29. The van der Waals surface area contributed by atoms with E-state index < -0.39 is 33.2 Å². The lowest BCUT2D eigenvalue weighted by Crippen LogP contribution is -2.13. The number of rotatable bonds is 3. The van der Waals surface area contributed by atoms with E-state index in [-0.39, 0.29) is 8.68 Å². The molecule has 0 radical (unpaired) electrons. The number of nitrogens with zero attached hydrogens (tertiary/aromatic N) is 1. The summed E-state index contributed by atoms with van der Waals surface area (Å²) in [5.74, 6) is -4.11. The molecule has 1 N–H and O–H groups in total. The van der Waals surface area contributed by atoms with Gasteiger partial charge in [-0.2, -0.15) is 0 Å². The number of anilines is 1. The number of sulfonamides is 1. The lowest BCUT2D eigenvalue weighted by Gasteiger charge is -2.07. The predicted octanol–water partition coefficient (Wildman–Crippen LogP) is 3.01. The van der Waals surface area contributed by atoms with E-state index >= 15 is 0 Å². The molecule has 4 nitrogen and oxygen atoms in total. The van der Waals surface area contributed by atoms with E-state index in [9.17, 15) is 21.6 Å². The molecule has 0 fully saturated rings. The van der Waals surface area contributed by atoms with Crippen molar-refractivity contribution in [1.29, 1.82) is 0 Å². The number of hydrogen-bond acceptors (Lipinski definition) is 4. The van der Waals surface area contributed by atoms with Crippen LogP contribution in [0.25, 0.3) is 0 Å². The van der Waals surface area contributed by atoms with Gasteiger partial charge < -0.3 is 0 Å². The molecule has 1 aromatic heterocycles. The van der Waals surface area contributed by atoms with Gasteiger partial charge in [0, 0.05) is 12.1 Å². The maximum atomic E-state index is 13.3. The van der Waals surface area contributed by atoms with Gasteiger partial charge in [0.15, 0.2) is 20.3 Å². The molecule has 0 amide bonds. The molecule has 0 aliphatic heterocycles. The van der Waals surface area contributed by atoms with Gasteiger partial charge in [-0.15, -0.1) is 0 Å². The Balaban J connectivity index is 2.41. The van der Waals surface area contributed by atoms with Crippen LogP contribution in [-0.4, -0.2) is 13.4 Å². The quantitative estimate of drug-likeness (QED) is 0.881. The van der Waals surface area contributed by atoms with E-state index in [0.717, 1.165) is 6.20 Å². The maximum Gasteiger partial charge on any atom is 0.273 e. The van der Waals surface area contributed by atoms with Crippen molar-refractivity contribution in [3.05, 3.63) is 40.2 Å². The van der Waals surface area contributed by atoms with Crippen LogP contribution in [0.15, 0.2) is 22.5 Å². The van der Waals surface area contributed by atoms with Gasteiger partial charge in [-0.1, -0.05) is 22.9 Å². The zero-order valence-electron chi connectivity index (χ0n) is 8.82. The van der Waals surface area contributed by atoms with Crippen LogP contribution in [0.5, 0.6) is 0 Å². The van der Waals surface area contributed by atoms with Crippen molar-refractivity contribution in [3.8, 4) is 0 Å². The third-order valence-corrected chi connectivity index (χ3v) is 4.90. The molecule has 1 heterocycles. The third-order valence-electron chi connectivity index (χ3n) is 1.96. The molecule has 19 heavy (non-hydrogen) atoms. The van der Waals surface area contributed by atoms with Gasteiger partial charge in [0.05, 0.1) is 11.9 Å². The molecule has 0 aliphatic rings. The molecule has 0 atom stereocenters. The summed E-state index contributed by atoms with van der Waals surface area (Å²) in [6, 6.07) is 0.829. The normalized spacial score (nSPS) is 11.6. The Morgan fingerprint density at radius 1 is 1.26 bits per heavy atom. The van der Waals surface area contributed by atoms with Crippen molar-refractivity contribution in [3.63, 3.8) is 0 Å². The van der Waals surface area contributed by atoms with Crippen LogP contribution in [0, 0.1) is 17.5 Å². The molecule has 0 saturated carbocycles. The summed E-state index contributed by atoms with van der Waals surface area (Å²) in [5, 5.41) is 0. The van der Waals surface area contributed by atoms with E-state index in [0.29, 0.717) is 23.5 Å². The van der Waals surface area contributed by atoms with Crippen LogP contribution in [0.3, 0.4) is 0 Å². The minimum absolute atomic E-state index is 0.0359. The highest BCUT2D eigenvalue weighted by molar-refractivity contribution is 7.94. The van der Waals surface area contributed by atoms with E-state index in [1.165, 1.54) is 0 Å². The fourth-order valence-electron chi connectivity index (χ4n) is 1.19. The molecular weight excluding hydrogens is 325 g/mol. The molecule has 1 aromatic carbocycles. The Labute approximate surface area is 114 Å². The summed E-state index contributed by atoms with van der Waals surface area (Å²) in [4.78, 5) is 3.50. The van der Waals surface area contributed by atoms with Crippen LogP contribution in [0.1, 0.15) is 0 Å². The molecule has 0 saturated heterocycles. The first kappa shape index (κ1) is 14.1. The molecule has 0 spiro atoms. The highest BCUT2D eigenvalue weighted by Crippen LogP contribution is 2.26. The molecule has 2 rings (SSSR count). The van der Waals surface area contributed by atoms with Crippen LogP contribution < -0.4 is 4.72 Å². The second-order valence-corrected chi connectivity index (χ2v) is 6.81. The standard InChI is InChI=1S/C9H4ClF3N2O2S2/c10-9-14-3-7(18-9)19(16,17)15-6-2-4(11)1-5(12)8(6)13/h1-3,15H. The average molecular weight is 329 g/mol. The van der Waals surface area contributed by atoms with Crippen molar-refractivity contribution in [2.45, 2.75) is 4.21 Å². The lowest BCUT2D eigenvalue weighted by atomic mass is 10.3. The highest BCUT2D eigenvalue weighted by Gasteiger charge is 2.21. The number of nitrogens with one attached hydrogen (secondary N) is 1. The van der Waals surface area contributed by atoms with E-state index in [2.05, 4.69) is 4.98 Å². The van der Waals surface area contributed by atoms with Gasteiger partial charge >= 0.3 is 0 Å². The number of halogens is 4. The van der Waals surface area contributed by atoms with Crippen molar-refractivity contribution < 1.29 is 21.6 Å². The molecule has 0 unspecified atom stereocenters. The van der Waals surface area contributed by atoms with Crippen LogP contribution in [0.2, 0.25) is 4.47 Å². The zero-order chi connectivity index (χ0) is 14.2. The first-order valence-corrected chi connectivity index (χ1v) is 7.26. The van der Waals surface area contributed by atoms with Gasteiger partial charge in [0.1, 0.15) is 5.82 Å². The van der Waals surface area contributed by atoms with Crippen LogP contribution >= 0.6 is 22.9 Å². The SMILES string of the molecule is O=S(=O)(Nc1cc(F)cc(F)c1F)c1cnc(Cl)s1. The van der Waals surface area contributed by atoms with Gasteiger partial charge in [-0.25, -0.2) is 26.6 Å². The zero-order valence-corrected chi connectivity index (χ0v) is 11.2. The van der Waals surface area contributed by atoms with E-state index in [1.807, 2.05) is 0 Å². The van der Waals surface area contributed by atoms with E-state index in [4.69, 9.17) is 11.6 Å². The summed E-state index contributed by atoms with van der Waals surface area (Å²) in [6.07, 6.45) is 0.947. The summed E-state index contributed by atoms with van der Waals surface area (Å²) in [6.45, 7) is 0. The smallest absolute Gasteiger partial charge is 0.273 e. The first-order chi connectivity index (χ1) is 8.79. The van der Waals surface area contributed by atoms with Gasteiger partial charge in [-0.3, -0.25) is 4.72 Å². The van der Waals surface area contributed by atoms with Crippen LogP contribution in [-0.2, 0) is 10.0 Å². The summed E-state index contributed by atoms with van der Waals surface area (Å²) in [5.41, 5.74) is -0.831. The molecule has 2 aromatic rings.